The van der Waals surface area contributed by atoms with Crippen molar-refractivity contribution in [3.63, 3.8) is 0 Å². The molecule has 0 fully saturated rings. The molecule has 0 aliphatic rings. The van der Waals surface area contributed by atoms with Gasteiger partial charge in [-0.05, 0) is 6.42 Å². The van der Waals surface area contributed by atoms with Crippen LogP contribution in [0.1, 0.15) is 39.5 Å². The lowest BCUT2D eigenvalue weighted by atomic mass is 10.2. The van der Waals surface area contributed by atoms with Crippen LogP contribution in [0.3, 0.4) is 0 Å². The number of nitrogens with one attached hydrogen (secondary N) is 2. The minimum Gasteiger partial charge on any atom is -0.356 e. The van der Waals surface area contributed by atoms with Gasteiger partial charge < -0.3 is 10.6 Å². The molecule has 0 unspecified atom stereocenters. The zero-order valence-electron chi connectivity index (χ0n) is 12.2. The molecule has 0 saturated heterocycles. The molecular formula is C12H28IN3O2S. The molecule has 0 aromatic carbocycles. The third-order valence-corrected chi connectivity index (χ3v) is 4.40. The van der Waals surface area contributed by atoms with Crippen molar-refractivity contribution in [2.45, 2.75) is 39.5 Å². The molecule has 0 bridgehead atoms. The number of hydrogen-bond donors (Lipinski definition) is 2. The van der Waals surface area contributed by atoms with Gasteiger partial charge in [0, 0.05) is 25.9 Å². The first-order chi connectivity index (χ1) is 8.55. The zero-order valence-corrected chi connectivity index (χ0v) is 15.4. The Hall–Kier alpha value is -0.0500. The first-order valence-corrected chi connectivity index (χ1v) is 8.52. The van der Waals surface area contributed by atoms with Crippen LogP contribution in [0.5, 0.6) is 0 Å². The first kappa shape index (κ1) is 21.3. The number of halogens is 1. The monoisotopic (exact) mass is 405 g/mol. The van der Waals surface area contributed by atoms with Crippen molar-refractivity contribution < 1.29 is 8.42 Å². The van der Waals surface area contributed by atoms with Crippen molar-refractivity contribution in [3.8, 4) is 0 Å². The second kappa shape index (κ2) is 13.0. The highest BCUT2D eigenvalue weighted by Crippen LogP contribution is 1.96. The Bertz CT molecular complexity index is 332. The van der Waals surface area contributed by atoms with Crippen LogP contribution in [0, 0.1) is 0 Å². The fraction of sp³-hybridized carbons (Fsp3) is 0.917. The molecule has 19 heavy (non-hydrogen) atoms. The van der Waals surface area contributed by atoms with E-state index in [1.165, 1.54) is 19.3 Å². The summed E-state index contributed by atoms with van der Waals surface area (Å²) in [5.41, 5.74) is 0. The predicted octanol–water partition coefficient (Wildman–Crippen LogP) is 1.78. The fourth-order valence-electron chi connectivity index (χ4n) is 1.45. The molecule has 0 saturated carbocycles. The Kier molecular flexibility index (Phi) is 14.5. The molecule has 0 amide bonds. The van der Waals surface area contributed by atoms with Crippen molar-refractivity contribution in [3.05, 3.63) is 0 Å². The van der Waals surface area contributed by atoms with Crippen LogP contribution in [0.4, 0.5) is 0 Å². The van der Waals surface area contributed by atoms with E-state index < -0.39 is 9.84 Å². The van der Waals surface area contributed by atoms with Gasteiger partial charge in [-0.15, -0.1) is 24.0 Å². The van der Waals surface area contributed by atoms with Gasteiger partial charge in [-0.2, -0.15) is 0 Å². The highest BCUT2D eigenvalue weighted by molar-refractivity contribution is 14.0. The minimum absolute atomic E-state index is 0. The largest absolute Gasteiger partial charge is 0.356 e. The second-order valence-electron chi connectivity index (χ2n) is 4.22. The average Bonchev–Trinajstić information content (AvgIpc) is 2.36. The maximum Gasteiger partial charge on any atom is 0.191 e. The molecule has 0 aromatic heterocycles. The van der Waals surface area contributed by atoms with E-state index >= 15 is 0 Å². The highest BCUT2D eigenvalue weighted by Gasteiger charge is 2.06. The quantitative estimate of drug-likeness (QED) is 0.266. The van der Waals surface area contributed by atoms with E-state index in [-0.39, 0.29) is 35.5 Å². The van der Waals surface area contributed by atoms with E-state index in [0.29, 0.717) is 12.5 Å². The van der Waals surface area contributed by atoms with Gasteiger partial charge in [0.2, 0.25) is 0 Å². The van der Waals surface area contributed by atoms with Crippen molar-refractivity contribution in [2.75, 3.05) is 31.6 Å². The summed E-state index contributed by atoms with van der Waals surface area (Å²) in [6.07, 6.45) is 4.80. The molecule has 0 aliphatic heterocycles. The summed E-state index contributed by atoms with van der Waals surface area (Å²) in [6, 6.07) is 0. The Morgan fingerprint density at radius 3 is 2.21 bits per heavy atom. The van der Waals surface area contributed by atoms with Gasteiger partial charge >= 0.3 is 0 Å². The SMILES string of the molecule is CCCCCCNC(=NC)NCCS(=O)(=O)CC.I. The number of guanidine groups is 1. The molecule has 0 atom stereocenters. The molecule has 0 rings (SSSR count). The van der Waals surface area contributed by atoms with Crippen LogP contribution >= 0.6 is 24.0 Å². The van der Waals surface area contributed by atoms with Gasteiger partial charge in [-0.1, -0.05) is 33.1 Å². The highest BCUT2D eigenvalue weighted by atomic mass is 127. The van der Waals surface area contributed by atoms with Crippen molar-refractivity contribution in [1.82, 2.24) is 10.6 Å². The van der Waals surface area contributed by atoms with E-state index in [0.717, 1.165) is 13.0 Å². The molecule has 116 valence electrons. The molecule has 0 radical (unpaired) electrons. The minimum atomic E-state index is -2.90. The van der Waals surface area contributed by atoms with E-state index in [1.807, 2.05) is 0 Å². The standard InChI is InChI=1S/C12H27N3O2S.HI/c1-4-6-7-8-9-14-12(13-3)15-10-11-18(16,17)5-2;/h4-11H2,1-3H3,(H2,13,14,15);1H. The molecule has 0 aliphatic carbocycles. The smallest absolute Gasteiger partial charge is 0.191 e. The van der Waals surface area contributed by atoms with Gasteiger partial charge in [-0.3, -0.25) is 4.99 Å². The predicted molar refractivity (Wildman–Crippen MR) is 93.2 cm³/mol. The third-order valence-electron chi connectivity index (χ3n) is 2.69. The number of hydrogen-bond acceptors (Lipinski definition) is 3. The summed E-state index contributed by atoms with van der Waals surface area (Å²) in [4.78, 5) is 4.05. The summed E-state index contributed by atoms with van der Waals surface area (Å²) in [5, 5.41) is 6.19. The Balaban J connectivity index is 0. The Morgan fingerprint density at radius 1 is 1.05 bits per heavy atom. The summed E-state index contributed by atoms with van der Waals surface area (Å²) >= 11 is 0. The normalized spacial score (nSPS) is 11.8. The van der Waals surface area contributed by atoms with Gasteiger partial charge in [0.05, 0.1) is 5.75 Å². The van der Waals surface area contributed by atoms with Crippen LogP contribution in [0.15, 0.2) is 4.99 Å². The van der Waals surface area contributed by atoms with E-state index in [2.05, 4.69) is 22.5 Å². The summed E-state index contributed by atoms with van der Waals surface area (Å²) in [5.74, 6) is 1.02. The third kappa shape index (κ3) is 12.7. The van der Waals surface area contributed by atoms with Crippen LogP contribution in [-0.4, -0.2) is 46.0 Å². The van der Waals surface area contributed by atoms with Crippen molar-refractivity contribution in [1.29, 1.82) is 0 Å². The van der Waals surface area contributed by atoms with Crippen molar-refractivity contribution in [2.24, 2.45) is 4.99 Å². The molecule has 2 N–H and O–H groups in total. The van der Waals surface area contributed by atoms with Crippen LogP contribution in [0.2, 0.25) is 0 Å². The average molecular weight is 405 g/mol. The Labute approximate surface area is 135 Å². The molecule has 0 spiro atoms. The second-order valence-corrected chi connectivity index (χ2v) is 6.70. The summed E-state index contributed by atoms with van der Waals surface area (Å²) in [6.45, 7) is 5.13. The summed E-state index contributed by atoms with van der Waals surface area (Å²) < 4.78 is 22.6. The van der Waals surface area contributed by atoms with Crippen LogP contribution < -0.4 is 10.6 Å². The summed E-state index contributed by atoms with van der Waals surface area (Å²) in [7, 11) is -1.21. The van der Waals surface area contributed by atoms with E-state index in [9.17, 15) is 8.42 Å². The topological polar surface area (TPSA) is 70.6 Å². The molecule has 5 nitrogen and oxygen atoms in total. The first-order valence-electron chi connectivity index (χ1n) is 6.70. The van der Waals surface area contributed by atoms with E-state index in [4.69, 9.17) is 0 Å². The van der Waals surface area contributed by atoms with Crippen LogP contribution in [0.25, 0.3) is 0 Å². The van der Waals surface area contributed by atoms with Gasteiger partial charge in [0.25, 0.3) is 0 Å². The molecular weight excluding hydrogens is 377 g/mol. The van der Waals surface area contributed by atoms with Gasteiger partial charge in [0.1, 0.15) is 0 Å². The number of nitrogens with zero attached hydrogens (tertiary/aromatic N) is 1. The lowest BCUT2D eigenvalue weighted by molar-refractivity contribution is 0.595. The fourth-order valence-corrected chi connectivity index (χ4v) is 2.15. The number of rotatable bonds is 9. The number of unbranched alkanes of at least 4 members (excludes halogenated alkanes) is 3. The lowest BCUT2D eigenvalue weighted by Gasteiger charge is -2.11. The number of sulfone groups is 1. The molecule has 0 aromatic rings. The maximum absolute atomic E-state index is 11.3. The van der Waals surface area contributed by atoms with Gasteiger partial charge in [-0.25, -0.2) is 8.42 Å². The zero-order chi connectivity index (χ0) is 13.9. The molecule has 7 heteroatoms. The van der Waals surface area contributed by atoms with E-state index in [1.54, 1.807) is 14.0 Å². The number of aliphatic imine (C=N–C) groups is 1. The molecule has 0 heterocycles. The van der Waals surface area contributed by atoms with Crippen molar-refractivity contribution >= 4 is 39.8 Å². The van der Waals surface area contributed by atoms with Gasteiger partial charge in [0.15, 0.2) is 15.8 Å². The van der Waals surface area contributed by atoms with Crippen LogP contribution in [-0.2, 0) is 9.84 Å². The Morgan fingerprint density at radius 2 is 1.68 bits per heavy atom. The lowest BCUT2D eigenvalue weighted by Crippen LogP contribution is -2.40. The maximum atomic E-state index is 11.3.